The van der Waals surface area contributed by atoms with Gasteiger partial charge in [-0.05, 0) is 30.7 Å². The average Bonchev–Trinajstić information content (AvgIpc) is 2.89. The lowest BCUT2D eigenvalue weighted by Crippen LogP contribution is -2.58. The molecular weight excluding hydrogens is 252 g/mol. The summed E-state index contributed by atoms with van der Waals surface area (Å²) < 4.78 is 0. The van der Waals surface area contributed by atoms with Crippen LogP contribution in [-0.2, 0) is 0 Å². The molecule has 1 aromatic heterocycles. The molecule has 3 atom stereocenters. The third-order valence-corrected chi connectivity index (χ3v) is 5.16. The van der Waals surface area contributed by atoms with E-state index in [1.54, 1.807) is 4.88 Å². The molecule has 1 N–H and O–H groups in total. The summed E-state index contributed by atoms with van der Waals surface area (Å²) in [6, 6.07) is 6.39. The Bertz CT molecular complexity index is 361. The molecule has 0 amide bonds. The van der Waals surface area contributed by atoms with Crippen LogP contribution in [0.15, 0.2) is 17.5 Å². The molecule has 0 radical (unpaired) electrons. The lowest BCUT2D eigenvalue weighted by Gasteiger charge is -2.45. The highest BCUT2D eigenvalue weighted by Crippen LogP contribution is 2.33. The predicted molar refractivity (Wildman–Crippen MR) is 84.8 cm³/mol. The number of nitrogens with one attached hydrogen (secondary N) is 1. The summed E-state index contributed by atoms with van der Waals surface area (Å²) >= 11 is 1.92. The van der Waals surface area contributed by atoms with Crippen LogP contribution in [0.5, 0.6) is 0 Å². The first-order chi connectivity index (χ1) is 9.13. The number of hydrogen-bond acceptors (Lipinski definition) is 3. The van der Waals surface area contributed by atoms with Crippen LogP contribution in [0.1, 0.15) is 51.5 Å². The van der Waals surface area contributed by atoms with Crippen molar-refractivity contribution in [2.24, 2.45) is 5.92 Å². The number of thiophene rings is 1. The van der Waals surface area contributed by atoms with Crippen molar-refractivity contribution in [2.75, 3.05) is 13.1 Å². The van der Waals surface area contributed by atoms with E-state index in [1.165, 1.54) is 19.4 Å². The van der Waals surface area contributed by atoms with E-state index in [4.69, 9.17) is 0 Å². The molecule has 2 nitrogen and oxygen atoms in total. The van der Waals surface area contributed by atoms with Gasteiger partial charge in [-0.2, -0.15) is 0 Å². The van der Waals surface area contributed by atoms with Crippen molar-refractivity contribution in [3.05, 3.63) is 22.4 Å². The smallest absolute Gasteiger partial charge is 0.0445 e. The van der Waals surface area contributed by atoms with Crippen LogP contribution in [0.25, 0.3) is 0 Å². The Hall–Kier alpha value is -0.380. The fourth-order valence-electron chi connectivity index (χ4n) is 3.16. The summed E-state index contributed by atoms with van der Waals surface area (Å²) in [7, 11) is 0. The molecule has 2 rings (SSSR count). The molecule has 19 heavy (non-hydrogen) atoms. The summed E-state index contributed by atoms with van der Waals surface area (Å²) in [6.45, 7) is 11.6. The van der Waals surface area contributed by atoms with Crippen LogP contribution in [0.2, 0.25) is 0 Å². The van der Waals surface area contributed by atoms with Gasteiger partial charge >= 0.3 is 0 Å². The van der Waals surface area contributed by atoms with Gasteiger partial charge in [0.05, 0.1) is 0 Å². The van der Waals surface area contributed by atoms with Crippen molar-refractivity contribution in [1.82, 2.24) is 10.2 Å². The highest BCUT2D eigenvalue weighted by molar-refractivity contribution is 7.10. The molecule has 0 bridgehead atoms. The van der Waals surface area contributed by atoms with E-state index < -0.39 is 0 Å². The van der Waals surface area contributed by atoms with Gasteiger partial charge < -0.3 is 5.32 Å². The maximum Gasteiger partial charge on any atom is 0.0445 e. The lowest BCUT2D eigenvalue weighted by molar-refractivity contribution is 0.0555. The second kappa shape index (κ2) is 6.87. The molecule has 2 heterocycles. The zero-order valence-corrected chi connectivity index (χ0v) is 13.5. The first-order valence-corrected chi connectivity index (χ1v) is 8.54. The quantitative estimate of drug-likeness (QED) is 0.880. The minimum absolute atomic E-state index is 0.606. The van der Waals surface area contributed by atoms with Gasteiger partial charge in [0.1, 0.15) is 0 Å². The second-order valence-electron chi connectivity index (χ2n) is 6.14. The molecule has 108 valence electrons. The van der Waals surface area contributed by atoms with Gasteiger partial charge in [-0.15, -0.1) is 11.3 Å². The molecule has 1 aliphatic rings. The molecule has 3 heteroatoms. The number of piperazine rings is 1. The first kappa shape index (κ1) is 15.0. The van der Waals surface area contributed by atoms with Crippen LogP contribution in [-0.4, -0.2) is 30.1 Å². The summed E-state index contributed by atoms with van der Waals surface area (Å²) in [6.07, 6.45) is 2.53. The third-order valence-electron chi connectivity index (χ3n) is 4.19. The lowest BCUT2D eigenvalue weighted by atomic mass is 9.94. The van der Waals surface area contributed by atoms with Crippen molar-refractivity contribution in [2.45, 2.75) is 58.7 Å². The molecule has 1 aliphatic heterocycles. The minimum Gasteiger partial charge on any atom is -0.311 e. The average molecular weight is 280 g/mol. The van der Waals surface area contributed by atoms with E-state index in [1.807, 2.05) is 11.3 Å². The number of rotatable bonds is 5. The van der Waals surface area contributed by atoms with Gasteiger partial charge in [-0.25, -0.2) is 0 Å². The molecule has 0 saturated carbocycles. The highest BCUT2D eigenvalue weighted by atomic mass is 32.1. The van der Waals surface area contributed by atoms with Gasteiger partial charge in [0.25, 0.3) is 0 Å². The summed E-state index contributed by atoms with van der Waals surface area (Å²) in [5.41, 5.74) is 0. The Morgan fingerprint density at radius 2 is 2.26 bits per heavy atom. The van der Waals surface area contributed by atoms with Crippen LogP contribution >= 0.6 is 11.3 Å². The van der Waals surface area contributed by atoms with Crippen molar-refractivity contribution in [3.8, 4) is 0 Å². The zero-order chi connectivity index (χ0) is 13.8. The highest BCUT2D eigenvalue weighted by Gasteiger charge is 2.33. The second-order valence-corrected chi connectivity index (χ2v) is 7.12. The van der Waals surface area contributed by atoms with Gasteiger partial charge in [0.15, 0.2) is 0 Å². The standard InChI is InChI=1S/C16H28N2S/c1-5-7-14(16-8-6-9-19-16)18-11-13(4)17-10-15(18)12(2)3/h6,8-9,12-15,17H,5,7,10-11H2,1-4H3. The molecular formula is C16H28N2S. The summed E-state index contributed by atoms with van der Waals surface area (Å²) in [5.74, 6) is 0.708. The fourth-order valence-corrected chi connectivity index (χ4v) is 4.04. The summed E-state index contributed by atoms with van der Waals surface area (Å²) in [5, 5.41) is 5.86. The Morgan fingerprint density at radius 3 is 2.84 bits per heavy atom. The number of nitrogens with zero attached hydrogens (tertiary/aromatic N) is 1. The zero-order valence-electron chi connectivity index (χ0n) is 12.7. The van der Waals surface area contributed by atoms with Crippen molar-refractivity contribution < 1.29 is 0 Å². The monoisotopic (exact) mass is 280 g/mol. The topological polar surface area (TPSA) is 15.3 Å². The maximum atomic E-state index is 3.65. The largest absolute Gasteiger partial charge is 0.311 e. The first-order valence-electron chi connectivity index (χ1n) is 7.66. The molecule has 1 aromatic rings. The van der Waals surface area contributed by atoms with E-state index in [9.17, 15) is 0 Å². The van der Waals surface area contributed by atoms with Gasteiger partial charge in [-0.1, -0.05) is 33.3 Å². The molecule has 0 aromatic carbocycles. The van der Waals surface area contributed by atoms with Crippen molar-refractivity contribution >= 4 is 11.3 Å². The van der Waals surface area contributed by atoms with Gasteiger partial charge in [-0.3, -0.25) is 4.90 Å². The van der Waals surface area contributed by atoms with E-state index in [0.29, 0.717) is 24.0 Å². The van der Waals surface area contributed by atoms with Crippen LogP contribution in [0.3, 0.4) is 0 Å². The van der Waals surface area contributed by atoms with Gasteiger partial charge in [0.2, 0.25) is 0 Å². The van der Waals surface area contributed by atoms with E-state index in [-0.39, 0.29) is 0 Å². The molecule has 3 unspecified atom stereocenters. The SMILES string of the molecule is CCCC(c1cccs1)N1CC(C)NCC1C(C)C. The summed E-state index contributed by atoms with van der Waals surface area (Å²) in [4.78, 5) is 4.31. The Morgan fingerprint density at radius 1 is 1.47 bits per heavy atom. The fraction of sp³-hybridized carbons (Fsp3) is 0.750. The maximum absolute atomic E-state index is 3.65. The van der Waals surface area contributed by atoms with Crippen molar-refractivity contribution in [3.63, 3.8) is 0 Å². The normalized spacial score (nSPS) is 26.8. The molecule has 0 spiro atoms. The predicted octanol–water partition coefficient (Wildman–Crippen LogP) is 3.91. The Kier molecular flexibility index (Phi) is 5.43. The van der Waals surface area contributed by atoms with Crippen LogP contribution < -0.4 is 5.32 Å². The van der Waals surface area contributed by atoms with Crippen LogP contribution in [0, 0.1) is 5.92 Å². The third kappa shape index (κ3) is 3.59. The van der Waals surface area contributed by atoms with E-state index in [2.05, 4.69) is 55.4 Å². The Labute approximate surface area is 122 Å². The van der Waals surface area contributed by atoms with Crippen LogP contribution in [0.4, 0.5) is 0 Å². The van der Waals surface area contributed by atoms with E-state index in [0.717, 1.165) is 6.54 Å². The molecule has 1 fully saturated rings. The van der Waals surface area contributed by atoms with E-state index >= 15 is 0 Å². The Balaban J connectivity index is 2.21. The van der Waals surface area contributed by atoms with Crippen molar-refractivity contribution in [1.29, 1.82) is 0 Å². The minimum atomic E-state index is 0.606. The molecule has 1 saturated heterocycles. The van der Waals surface area contributed by atoms with Gasteiger partial charge in [0, 0.05) is 36.1 Å². The molecule has 0 aliphatic carbocycles. The number of hydrogen-bond donors (Lipinski definition) is 1.